The molecule has 0 saturated heterocycles. The number of nitrogens with one attached hydrogen (secondary N) is 1. The molecule has 1 aromatic rings. The predicted molar refractivity (Wildman–Crippen MR) is 71.2 cm³/mol. The number of carboxylic acids is 1. The molecule has 1 amide bonds. The third kappa shape index (κ3) is 4.06. The average molecular weight is 265 g/mol. The summed E-state index contributed by atoms with van der Waals surface area (Å²) in [5.74, 6) is -1.40. The summed E-state index contributed by atoms with van der Waals surface area (Å²) in [6.45, 7) is 3.84. The van der Waals surface area contributed by atoms with Gasteiger partial charge in [-0.15, -0.1) is 0 Å². The Bertz CT molecular complexity index is 457. The van der Waals surface area contributed by atoms with Gasteiger partial charge in [0.2, 0.25) is 0 Å². The van der Waals surface area contributed by atoms with E-state index in [4.69, 9.17) is 10.2 Å². The fourth-order valence-corrected chi connectivity index (χ4v) is 1.83. The number of hydrogen-bond acceptors (Lipinski definition) is 3. The Kier molecular flexibility index (Phi) is 5.51. The van der Waals surface area contributed by atoms with Crippen molar-refractivity contribution in [2.45, 2.75) is 26.3 Å². The third-order valence-electron chi connectivity index (χ3n) is 2.96. The van der Waals surface area contributed by atoms with Crippen LogP contribution in [0.1, 0.15) is 41.0 Å². The van der Waals surface area contributed by atoms with Gasteiger partial charge in [-0.1, -0.05) is 26.0 Å². The van der Waals surface area contributed by atoms with Gasteiger partial charge in [0.1, 0.15) is 0 Å². The first-order valence-electron chi connectivity index (χ1n) is 6.21. The van der Waals surface area contributed by atoms with Crippen molar-refractivity contribution in [3.63, 3.8) is 0 Å². The second kappa shape index (κ2) is 6.89. The molecule has 19 heavy (non-hydrogen) atoms. The fraction of sp³-hybridized carbons (Fsp3) is 0.429. The molecule has 0 aromatic heterocycles. The van der Waals surface area contributed by atoms with Crippen molar-refractivity contribution in [2.75, 3.05) is 6.61 Å². The van der Waals surface area contributed by atoms with Crippen LogP contribution in [0.3, 0.4) is 0 Å². The van der Waals surface area contributed by atoms with Crippen molar-refractivity contribution >= 4 is 11.9 Å². The van der Waals surface area contributed by atoms with E-state index in [0.717, 1.165) is 0 Å². The van der Waals surface area contributed by atoms with E-state index in [1.54, 1.807) is 12.1 Å². The number of benzene rings is 1. The molecule has 0 bridgehead atoms. The second-order valence-electron chi connectivity index (χ2n) is 4.69. The van der Waals surface area contributed by atoms with E-state index < -0.39 is 11.9 Å². The molecule has 104 valence electrons. The molecule has 5 nitrogen and oxygen atoms in total. The van der Waals surface area contributed by atoms with Gasteiger partial charge < -0.3 is 15.5 Å². The van der Waals surface area contributed by atoms with Gasteiger partial charge in [0.25, 0.3) is 5.91 Å². The lowest BCUT2D eigenvalue weighted by Crippen LogP contribution is -2.39. The molecule has 1 atom stereocenters. The minimum absolute atomic E-state index is 0.0218. The van der Waals surface area contributed by atoms with Crippen LogP contribution in [-0.4, -0.2) is 34.7 Å². The Hall–Kier alpha value is -1.88. The summed E-state index contributed by atoms with van der Waals surface area (Å²) < 4.78 is 0. The molecule has 1 unspecified atom stereocenters. The van der Waals surface area contributed by atoms with E-state index in [9.17, 15) is 9.59 Å². The van der Waals surface area contributed by atoms with Crippen molar-refractivity contribution in [1.82, 2.24) is 5.32 Å². The second-order valence-corrected chi connectivity index (χ2v) is 4.69. The van der Waals surface area contributed by atoms with Gasteiger partial charge in [-0.2, -0.15) is 0 Å². The maximum atomic E-state index is 12.1. The molecule has 0 aliphatic rings. The summed E-state index contributed by atoms with van der Waals surface area (Å²) >= 11 is 0. The van der Waals surface area contributed by atoms with Crippen molar-refractivity contribution in [1.29, 1.82) is 0 Å². The van der Waals surface area contributed by atoms with E-state index in [1.165, 1.54) is 12.1 Å². The molecule has 1 aromatic carbocycles. The maximum Gasteiger partial charge on any atom is 0.336 e. The smallest absolute Gasteiger partial charge is 0.336 e. The van der Waals surface area contributed by atoms with Crippen LogP contribution >= 0.6 is 0 Å². The van der Waals surface area contributed by atoms with Crippen LogP contribution in [0.15, 0.2) is 24.3 Å². The zero-order chi connectivity index (χ0) is 14.4. The van der Waals surface area contributed by atoms with E-state index in [2.05, 4.69) is 5.32 Å². The Labute approximate surface area is 112 Å². The lowest BCUT2D eigenvalue weighted by atomic mass is 10.00. The summed E-state index contributed by atoms with van der Waals surface area (Å²) in [5, 5.41) is 20.8. The summed E-state index contributed by atoms with van der Waals surface area (Å²) in [5.41, 5.74) is 0.116. The van der Waals surface area contributed by atoms with Crippen LogP contribution in [0, 0.1) is 5.92 Å². The lowest BCUT2D eigenvalue weighted by Gasteiger charge is -2.21. The molecule has 5 heteroatoms. The summed E-state index contributed by atoms with van der Waals surface area (Å²) in [7, 11) is 0. The molecule has 0 aliphatic heterocycles. The summed E-state index contributed by atoms with van der Waals surface area (Å²) in [6.07, 6.45) is 0.443. The number of aliphatic hydroxyl groups is 1. The van der Waals surface area contributed by atoms with Crippen LogP contribution in [0.25, 0.3) is 0 Å². The number of carbonyl (C=O) groups excluding carboxylic acids is 1. The van der Waals surface area contributed by atoms with Crippen LogP contribution in [0.5, 0.6) is 0 Å². The average Bonchev–Trinajstić information content (AvgIpc) is 2.37. The molecular weight excluding hydrogens is 246 g/mol. The minimum atomic E-state index is -1.13. The third-order valence-corrected chi connectivity index (χ3v) is 2.96. The van der Waals surface area contributed by atoms with Crippen LogP contribution < -0.4 is 5.32 Å². The molecule has 0 radical (unpaired) electrons. The topological polar surface area (TPSA) is 86.6 Å². The molecule has 0 fully saturated rings. The monoisotopic (exact) mass is 265 g/mol. The quantitative estimate of drug-likeness (QED) is 0.728. The Morgan fingerprint density at radius 1 is 1.21 bits per heavy atom. The highest BCUT2D eigenvalue weighted by Gasteiger charge is 2.20. The normalized spacial score (nSPS) is 12.2. The highest BCUT2D eigenvalue weighted by atomic mass is 16.4. The number of carbonyl (C=O) groups is 2. The van der Waals surface area contributed by atoms with E-state index in [1.807, 2.05) is 13.8 Å². The van der Waals surface area contributed by atoms with Gasteiger partial charge in [-0.25, -0.2) is 4.79 Å². The number of rotatable bonds is 6. The Morgan fingerprint density at radius 3 is 2.26 bits per heavy atom. The number of carboxylic acid groups (broad SMARTS) is 1. The van der Waals surface area contributed by atoms with E-state index >= 15 is 0 Å². The standard InChI is InChI=1S/C14H19NO4/c1-9(2)12(7-8-16)15-13(17)10-5-3-4-6-11(10)14(18)19/h3-6,9,12,16H,7-8H2,1-2H3,(H,15,17)(H,18,19). The van der Waals surface area contributed by atoms with Crippen molar-refractivity contribution < 1.29 is 19.8 Å². The molecule has 0 heterocycles. The molecule has 0 saturated carbocycles. The van der Waals surface area contributed by atoms with Gasteiger partial charge in [0.15, 0.2) is 0 Å². The lowest BCUT2D eigenvalue weighted by molar-refractivity contribution is 0.0690. The first-order valence-corrected chi connectivity index (χ1v) is 6.21. The van der Waals surface area contributed by atoms with Gasteiger partial charge in [0, 0.05) is 12.6 Å². The largest absolute Gasteiger partial charge is 0.478 e. The Morgan fingerprint density at radius 2 is 1.79 bits per heavy atom. The van der Waals surface area contributed by atoms with Gasteiger partial charge >= 0.3 is 5.97 Å². The molecule has 3 N–H and O–H groups in total. The van der Waals surface area contributed by atoms with E-state index in [-0.39, 0.29) is 29.7 Å². The Balaban J connectivity index is 2.91. The van der Waals surface area contributed by atoms with Gasteiger partial charge in [-0.3, -0.25) is 4.79 Å². The van der Waals surface area contributed by atoms with Crippen LogP contribution in [0.4, 0.5) is 0 Å². The summed E-state index contributed by atoms with van der Waals surface area (Å²) in [4.78, 5) is 23.2. The maximum absolute atomic E-state index is 12.1. The molecule has 0 aliphatic carbocycles. The van der Waals surface area contributed by atoms with E-state index in [0.29, 0.717) is 6.42 Å². The fourth-order valence-electron chi connectivity index (χ4n) is 1.83. The zero-order valence-electron chi connectivity index (χ0n) is 11.1. The van der Waals surface area contributed by atoms with Crippen molar-refractivity contribution in [3.05, 3.63) is 35.4 Å². The minimum Gasteiger partial charge on any atom is -0.478 e. The predicted octanol–water partition coefficient (Wildman–Crippen LogP) is 1.52. The zero-order valence-corrected chi connectivity index (χ0v) is 11.1. The number of aromatic carboxylic acids is 1. The van der Waals surface area contributed by atoms with Crippen LogP contribution in [-0.2, 0) is 0 Å². The van der Waals surface area contributed by atoms with Gasteiger partial charge in [0.05, 0.1) is 11.1 Å². The first kappa shape index (κ1) is 15.2. The number of hydrogen-bond donors (Lipinski definition) is 3. The molecule has 0 spiro atoms. The first-order chi connectivity index (χ1) is 8.97. The molecular formula is C14H19NO4. The highest BCUT2D eigenvalue weighted by molar-refractivity contribution is 6.04. The number of amides is 1. The molecule has 1 rings (SSSR count). The SMILES string of the molecule is CC(C)C(CCO)NC(=O)c1ccccc1C(=O)O. The van der Waals surface area contributed by atoms with Crippen molar-refractivity contribution in [3.8, 4) is 0 Å². The van der Waals surface area contributed by atoms with Crippen molar-refractivity contribution in [2.24, 2.45) is 5.92 Å². The highest BCUT2D eigenvalue weighted by Crippen LogP contribution is 2.11. The van der Waals surface area contributed by atoms with Gasteiger partial charge in [-0.05, 0) is 24.5 Å². The van der Waals surface area contributed by atoms with Crippen LogP contribution in [0.2, 0.25) is 0 Å². The summed E-state index contributed by atoms with van der Waals surface area (Å²) in [6, 6.07) is 5.90. The number of aliphatic hydroxyl groups excluding tert-OH is 1.